The first-order valence-electron chi connectivity index (χ1n) is 7.43. The molecule has 0 unspecified atom stereocenters. The summed E-state index contributed by atoms with van der Waals surface area (Å²) in [5.41, 5.74) is 1.09. The van der Waals surface area contributed by atoms with Crippen molar-refractivity contribution < 1.29 is 19.1 Å². The number of hydrogen-bond donors (Lipinski definition) is 2. The minimum Gasteiger partial charge on any atom is -0.376 e. The minimum atomic E-state index is -0.360. The molecule has 1 heterocycles. The number of nitriles is 1. The molecule has 122 valence electrons. The van der Waals surface area contributed by atoms with Gasteiger partial charge in [-0.3, -0.25) is 9.59 Å². The predicted molar refractivity (Wildman–Crippen MR) is 82.6 cm³/mol. The molecule has 1 aliphatic heterocycles. The van der Waals surface area contributed by atoms with E-state index in [1.165, 1.54) is 0 Å². The summed E-state index contributed by atoms with van der Waals surface area (Å²) >= 11 is 0. The highest BCUT2D eigenvalue weighted by Crippen LogP contribution is 2.10. The molecule has 7 nitrogen and oxygen atoms in total. The molecule has 7 heteroatoms. The number of rotatable bonds is 7. The fourth-order valence-corrected chi connectivity index (χ4v) is 2.15. The lowest BCUT2D eigenvalue weighted by Crippen LogP contribution is -2.35. The van der Waals surface area contributed by atoms with Crippen molar-refractivity contribution in [2.24, 2.45) is 0 Å². The molecule has 0 radical (unpaired) electrons. The number of benzene rings is 1. The molecule has 2 N–H and O–H groups in total. The minimum absolute atomic E-state index is 0.0821. The molecule has 1 aliphatic rings. The standard InChI is InChI=1S/C16H19N3O4/c17-8-12-3-5-13(6-4-12)19-16(21)11-22-10-15(20)18-9-14-2-1-7-23-14/h3-6,14H,1-2,7,9-11H2,(H,18,20)(H,19,21)/t14-/m1/s1. The van der Waals surface area contributed by atoms with E-state index in [0.29, 0.717) is 17.8 Å². The Morgan fingerprint density at radius 3 is 2.65 bits per heavy atom. The largest absolute Gasteiger partial charge is 0.376 e. The first-order valence-corrected chi connectivity index (χ1v) is 7.43. The van der Waals surface area contributed by atoms with Gasteiger partial charge in [-0.1, -0.05) is 0 Å². The number of nitrogens with zero attached hydrogens (tertiary/aromatic N) is 1. The van der Waals surface area contributed by atoms with Crippen LogP contribution in [-0.4, -0.2) is 44.3 Å². The smallest absolute Gasteiger partial charge is 0.250 e. The van der Waals surface area contributed by atoms with Gasteiger partial charge in [0.05, 0.1) is 17.7 Å². The SMILES string of the molecule is N#Cc1ccc(NC(=O)COCC(=O)NC[C@H]2CCCO2)cc1. The van der Waals surface area contributed by atoms with Gasteiger partial charge in [-0.15, -0.1) is 0 Å². The number of carbonyl (C=O) groups is 2. The van der Waals surface area contributed by atoms with E-state index in [9.17, 15) is 9.59 Å². The maximum atomic E-state index is 11.7. The number of hydrogen-bond acceptors (Lipinski definition) is 5. The lowest BCUT2D eigenvalue weighted by atomic mass is 10.2. The van der Waals surface area contributed by atoms with Crippen molar-refractivity contribution in [1.29, 1.82) is 5.26 Å². The zero-order valence-corrected chi connectivity index (χ0v) is 12.7. The van der Waals surface area contributed by atoms with Gasteiger partial charge in [-0.05, 0) is 37.1 Å². The number of carbonyl (C=O) groups excluding carboxylic acids is 2. The van der Waals surface area contributed by atoms with Gasteiger partial charge in [0, 0.05) is 18.8 Å². The van der Waals surface area contributed by atoms with Gasteiger partial charge < -0.3 is 20.1 Å². The molecule has 23 heavy (non-hydrogen) atoms. The molecule has 0 aliphatic carbocycles. The van der Waals surface area contributed by atoms with E-state index in [4.69, 9.17) is 14.7 Å². The zero-order chi connectivity index (χ0) is 16.5. The van der Waals surface area contributed by atoms with Crippen molar-refractivity contribution >= 4 is 17.5 Å². The first kappa shape index (κ1) is 16.9. The van der Waals surface area contributed by atoms with E-state index < -0.39 is 0 Å². The van der Waals surface area contributed by atoms with Crippen LogP contribution in [-0.2, 0) is 19.1 Å². The molecule has 1 saturated heterocycles. The zero-order valence-electron chi connectivity index (χ0n) is 12.7. The van der Waals surface area contributed by atoms with E-state index in [1.807, 2.05) is 6.07 Å². The fourth-order valence-electron chi connectivity index (χ4n) is 2.15. The van der Waals surface area contributed by atoms with Gasteiger partial charge in [0.2, 0.25) is 11.8 Å². The van der Waals surface area contributed by atoms with Crippen LogP contribution in [0.5, 0.6) is 0 Å². The second-order valence-electron chi connectivity index (χ2n) is 5.17. The maximum Gasteiger partial charge on any atom is 0.250 e. The summed E-state index contributed by atoms with van der Waals surface area (Å²) in [4.78, 5) is 23.2. The highest BCUT2D eigenvalue weighted by molar-refractivity contribution is 5.91. The second-order valence-corrected chi connectivity index (χ2v) is 5.17. The van der Waals surface area contributed by atoms with Crippen LogP contribution >= 0.6 is 0 Å². The average Bonchev–Trinajstić information content (AvgIpc) is 3.07. The van der Waals surface area contributed by atoms with Gasteiger partial charge in [0.1, 0.15) is 13.2 Å². The van der Waals surface area contributed by atoms with Crippen LogP contribution in [0.25, 0.3) is 0 Å². The topological polar surface area (TPSA) is 100 Å². The third kappa shape index (κ3) is 6.06. The summed E-state index contributed by atoms with van der Waals surface area (Å²) in [5, 5.41) is 14.0. The first-order chi connectivity index (χ1) is 11.2. The third-order valence-electron chi connectivity index (χ3n) is 3.31. The normalized spacial score (nSPS) is 16.6. The Morgan fingerprint density at radius 2 is 2.00 bits per heavy atom. The Kier molecular flexibility index (Phi) is 6.54. The van der Waals surface area contributed by atoms with E-state index in [1.54, 1.807) is 24.3 Å². The quantitative estimate of drug-likeness (QED) is 0.775. The summed E-state index contributed by atoms with van der Waals surface area (Å²) in [7, 11) is 0. The van der Waals surface area contributed by atoms with E-state index in [2.05, 4.69) is 10.6 Å². The molecule has 2 rings (SSSR count). The number of ether oxygens (including phenoxy) is 2. The Balaban J connectivity index is 1.60. The highest BCUT2D eigenvalue weighted by Gasteiger charge is 2.16. The number of nitrogens with one attached hydrogen (secondary N) is 2. The van der Waals surface area contributed by atoms with Crippen molar-refractivity contribution in [3.05, 3.63) is 29.8 Å². The van der Waals surface area contributed by atoms with Crippen LogP contribution in [0.2, 0.25) is 0 Å². The lowest BCUT2D eigenvalue weighted by Gasteiger charge is -2.11. The predicted octanol–water partition coefficient (Wildman–Crippen LogP) is 0.809. The molecule has 1 aromatic rings. The molecular weight excluding hydrogens is 298 g/mol. The monoisotopic (exact) mass is 317 g/mol. The van der Waals surface area contributed by atoms with Crippen LogP contribution in [0.4, 0.5) is 5.69 Å². The molecule has 1 fully saturated rings. The Labute approximate surface area is 134 Å². The molecule has 0 aromatic heterocycles. The Morgan fingerprint density at radius 1 is 1.26 bits per heavy atom. The van der Waals surface area contributed by atoms with Crippen molar-refractivity contribution in [3.63, 3.8) is 0 Å². The van der Waals surface area contributed by atoms with Crippen molar-refractivity contribution in [2.45, 2.75) is 18.9 Å². The molecule has 1 aromatic carbocycles. The van der Waals surface area contributed by atoms with E-state index in [0.717, 1.165) is 19.4 Å². The third-order valence-corrected chi connectivity index (χ3v) is 3.31. The average molecular weight is 317 g/mol. The molecular formula is C16H19N3O4. The van der Waals surface area contributed by atoms with Crippen LogP contribution in [0.15, 0.2) is 24.3 Å². The summed E-state index contributed by atoms with van der Waals surface area (Å²) in [5.74, 6) is -0.631. The molecule has 2 amide bonds. The Hall–Kier alpha value is -2.43. The summed E-state index contributed by atoms with van der Waals surface area (Å²) in [6.07, 6.45) is 2.05. The summed E-state index contributed by atoms with van der Waals surface area (Å²) < 4.78 is 10.5. The Bertz CT molecular complexity index is 574. The van der Waals surface area contributed by atoms with Gasteiger partial charge in [-0.2, -0.15) is 5.26 Å². The van der Waals surface area contributed by atoms with Crippen LogP contribution in [0.1, 0.15) is 18.4 Å². The lowest BCUT2D eigenvalue weighted by molar-refractivity contribution is -0.129. The van der Waals surface area contributed by atoms with E-state index >= 15 is 0 Å². The number of amides is 2. The molecule has 0 spiro atoms. The van der Waals surface area contributed by atoms with Crippen molar-refractivity contribution in [1.82, 2.24) is 5.32 Å². The molecule has 0 bridgehead atoms. The summed E-state index contributed by atoms with van der Waals surface area (Å²) in [6, 6.07) is 8.47. The van der Waals surface area contributed by atoms with E-state index in [-0.39, 0.29) is 31.1 Å². The van der Waals surface area contributed by atoms with Crippen LogP contribution in [0, 0.1) is 11.3 Å². The van der Waals surface area contributed by atoms with Gasteiger partial charge in [0.15, 0.2) is 0 Å². The maximum absolute atomic E-state index is 11.7. The second kappa shape index (κ2) is 8.88. The van der Waals surface area contributed by atoms with Gasteiger partial charge in [-0.25, -0.2) is 0 Å². The highest BCUT2D eigenvalue weighted by atomic mass is 16.5. The van der Waals surface area contributed by atoms with Crippen LogP contribution < -0.4 is 10.6 Å². The van der Waals surface area contributed by atoms with Crippen LogP contribution in [0.3, 0.4) is 0 Å². The van der Waals surface area contributed by atoms with Gasteiger partial charge >= 0.3 is 0 Å². The summed E-state index contributed by atoms with van der Waals surface area (Å²) in [6.45, 7) is 0.826. The van der Waals surface area contributed by atoms with Crippen molar-refractivity contribution in [2.75, 3.05) is 31.7 Å². The molecule has 0 saturated carbocycles. The van der Waals surface area contributed by atoms with Gasteiger partial charge in [0.25, 0.3) is 0 Å². The number of anilines is 1. The van der Waals surface area contributed by atoms with Crippen molar-refractivity contribution in [3.8, 4) is 6.07 Å². The fraction of sp³-hybridized carbons (Fsp3) is 0.438. The molecule has 1 atom stereocenters.